The number of carbonyl (C=O) groups excluding carboxylic acids is 2. The Morgan fingerprint density at radius 3 is 2.90 bits per heavy atom. The number of rotatable bonds is 7. The molecule has 1 N–H and O–H groups in total. The molecule has 2 amide bonds. The molecule has 1 atom stereocenters. The van der Waals surface area contributed by atoms with Crippen LogP contribution in [0.5, 0.6) is 0 Å². The van der Waals surface area contributed by atoms with Gasteiger partial charge in [0.2, 0.25) is 0 Å². The molecule has 0 spiro atoms. The molecule has 0 bridgehead atoms. The molecule has 8 nitrogen and oxygen atoms in total. The number of aromatic nitrogens is 3. The summed E-state index contributed by atoms with van der Waals surface area (Å²) in [4.78, 5) is 25.6. The van der Waals surface area contributed by atoms with E-state index < -0.39 is 42.6 Å². The largest absolute Gasteiger partial charge is 0.383 e. The van der Waals surface area contributed by atoms with E-state index in [2.05, 4.69) is 15.6 Å². The number of methoxy groups -OCH3 is 1. The van der Waals surface area contributed by atoms with E-state index in [1.54, 1.807) is 0 Å². The number of hydrogen-bond acceptors (Lipinski definition) is 5. The van der Waals surface area contributed by atoms with Crippen molar-refractivity contribution in [1.82, 2.24) is 25.2 Å². The molecule has 1 aromatic heterocycles. The van der Waals surface area contributed by atoms with Gasteiger partial charge in [-0.25, -0.2) is 17.9 Å². The van der Waals surface area contributed by atoms with Crippen molar-refractivity contribution in [2.75, 3.05) is 26.8 Å². The normalized spacial score (nSPS) is 17.9. The van der Waals surface area contributed by atoms with Crippen molar-refractivity contribution in [3.8, 4) is 0 Å². The Balaban J connectivity index is 1.75. The first kappa shape index (κ1) is 22.0. The lowest BCUT2D eigenvalue weighted by Gasteiger charge is -2.24. The minimum atomic E-state index is -3.14. The van der Waals surface area contributed by atoms with Gasteiger partial charge in [-0.3, -0.25) is 9.59 Å². The molecule has 1 aliphatic heterocycles. The second kappa shape index (κ2) is 9.00. The number of carbonyl (C=O) groups is 2. The number of hydrogen-bond donors (Lipinski definition) is 1. The molecule has 1 unspecified atom stereocenters. The van der Waals surface area contributed by atoms with E-state index >= 15 is 0 Å². The van der Waals surface area contributed by atoms with Gasteiger partial charge in [0.15, 0.2) is 5.69 Å². The molecule has 0 aliphatic carbocycles. The van der Waals surface area contributed by atoms with Gasteiger partial charge in [-0.2, -0.15) is 0 Å². The van der Waals surface area contributed by atoms with Gasteiger partial charge < -0.3 is 15.0 Å². The highest BCUT2D eigenvalue weighted by molar-refractivity contribution is 6.31. The Morgan fingerprint density at radius 2 is 2.17 bits per heavy atom. The van der Waals surface area contributed by atoms with Gasteiger partial charge in [0, 0.05) is 25.1 Å². The second-order valence-electron chi connectivity index (χ2n) is 6.85. The maximum Gasteiger partial charge on any atom is 0.273 e. The SMILES string of the molecule is COCCNC(=O)c1cn(CC2CC(F)(F)CN2C(=O)c2cc(Cl)ccc2F)nn1. The third-order valence-corrected chi connectivity index (χ3v) is 4.79. The average Bonchev–Trinajstić information content (AvgIpc) is 3.27. The number of amides is 2. The molecule has 1 fully saturated rings. The second-order valence-corrected chi connectivity index (χ2v) is 7.28. The monoisotopic (exact) mass is 445 g/mol. The van der Waals surface area contributed by atoms with Crippen LogP contribution in [0.1, 0.15) is 27.3 Å². The summed E-state index contributed by atoms with van der Waals surface area (Å²) in [5.41, 5.74) is -0.392. The topological polar surface area (TPSA) is 89.4 Å². The van der Waals surface area contributed by atoms with Crippen molar-refractivity contribution in [1.29, 1.82) is 0 Å². The molecule has 1 aliphatic rings. The van der Waals surface area contributed by atoms with Crippen LogP contribution in [0, 0.1) is 5.82 Å². The molecule has 2 aromatic rings. The first-order valence-electron chi connectivity index (χ1n) is 9.01. The molecule has 1 saturated heterocycles. The molecular weight excluding hydrogens is 427 g/mol. The van der Waals surface area contributed by atoms with E-state index in [1.165, 1.54) is 24.1 Å². The maximum absolute atomic E-state index is 14.1. The molecule has 2 heterocycles. The van der Waals surface area contributed by atoms with Crippen molar-refractivity contribution < 1.29 is 27.5 Å². The van der Waals surface area contributed by atoms with Gasteiger partial charge in [0.25, 0.3) is 17.7 Å². The van der Waals surface area contributed by atoms with E-state index in [0.29, 0.717) is 6.61 Å². The quantitative estimate of drug-likeness (QED) is 0.658. The minimum absolute atomic E-state index is 0.00498. The van der Waals surface area contributed by atoms with Crippen LogP contribution in [0.15, 0.2) is 24.4 Å². The van der Waals surface area contributed by atoms with Crippen molar-refractivity contribution in [2.24, 2.45) is 0 Å². The molecule has 12 heteroatoms. The molecular formula is C18H19ClF3N5O3. The Labute approximate surface area is 174 Å². The summed E-state index contributed by atoms with van der Waals surface area (Å²) in [5.74, 6) is -5.39. The van der Waals surface area contributed by atoms with E-state index in [-0.39, 0.29) is 29.4 Å². The molecule has 0 saturated carbocycles. The predicted octanol–water partition coefficient (Wildman–Crippen LogP) is 2.00. The van der Waals surface area contributed by atoms with E-state index in [0.717, 1.165) is 17.0 Å². The highest BCUT2D eigenvalue weighted by Gasteiger charge is 2.47. The maximum atomic E-state index is 14.1. The average molecular weight is 446 g/mol. The molecule has 3 rings (SSSR count). The van der Waals surface area contributed by atoms with Crippen molar-refractivity contribution in [3.63, 3.8) is 0 Å². The van der Waals surface area contributed by atoms with Gasteiger partial charge in [0.05, 0.1) is 37.5 Å². The molecule has 30 heavy (non-hydrogen) atoms. The van der Waals surface area contributed by atoms with Crippen LogP contribution in [0.25, 0.3) is 0 Å². The standard InChI is InChI=1S/C18H19ClF3N5O3/c1-30-5-4-23-16(28)15-9-26(25-24-15)8-12-7-18(21,22)10-27(12)17(29)13-6-11(19)2-3-14(13)20/h2-3,6,9,12H,4-5,7-8,10H2,1H3,(H,23,28). The van der Waals surface area contributed by atoms with Crippen molar-refractivity contribution in [2.45, 2.75) is 24.9 Å². The van der Waals surface area contributed by atoms with Crippen molar-refractivity contribution in [3.05, 3.63) is 46.5 Å². The minimum Gasteiger partial charge on any atom is -0.383 e. The number of nitrogens with zero attached hydrogens (tertiary/aromatic N) is 4. The lowest BCUT2D eigenvalue weighted by atomic mass is 10.1. The number of ether oxygens (including phenoxy) is 1. The first-order chi connectivity index (χ1) is 14.2. The van der Waals surface area contributed by atoms with Crippen LogP contribution in [0.3, 0.4) is 0 Å². The van der Waals surface area contributed by atoms with E-state index in [9.17, 15) is 22.8 Å². The van der Waals surface area contributed by atoms with Gasteiger partial charge in [-0.1, -0.05) is 16.8 Å². The fourth-order valence-electron chi connectivity index (χ4n) is 3.18. The van der Waals surface area contributed by atoms with Gasteiger partial charge >= 0.3 is 0 Å². The van der Waals surface area contributed by atoms with Crippen LogP contribution in [0.4, 0.5) is 13.2 Å². The van der Waals surface area contributed by atoms with Crippen LogP contribution in [-0.2, 0) is 11.3 Å². The summed E-state index contributed by atoms with van der Waals surface area (Å²) in [7, 11) is 1.49. The van der Waals surface area contributed by atoms with Crippen LogP contribution in [0.2, 0.25) is 5.02 Å². The highest BCUT2D eigenvalue weighted by atomic mass is 35.5. The third-order valence-electron chi connectivity index (χ3n) is 4.56. The molecule has 1 aromatic carbocycles. The summed E-state index contributed by atoms with van der Waals surface area (Å²) in [6, 6.07) is 2.39. The Kier molecular flexibility index (Phi) is 6.61. The zero-order chi connectivity index (χ0) is 21.9. The number of halogens is 4. The van der Waals surface area contributed by atoms with Crippen LogP contribution in [-0.4, -0.2) is 70.5 Å². The summed E-state index contributed by atoms with van der Waals surface area (Å²) in [6.45, 7) is -0.415. The van der Waals surface area contributed by atoms with E-state index in [4.69, 9.17) is 16.3 Å². The summed E-state index contributed by atoms with van der Waals surface area (Å²) < 4.78 is 48.2. The molecule has 162 valence electrons. The third kappa shape index (κ3) is 5.08. The Hall–Kier alpha value is -2.66. The number of alkyl halides is 2. The van der Waals surface area contributed by atoms with Crippen LogP contribution >= 0.6 is 11.6 Å². The lowest BCUT2D eigenvalue weighted by Crippen LogP contribution is -2.39. The number of nitrogens with one attached hydrogen (secondary N) is 1. The van der Waals surface area contributed by atoms with Gasteiger partial charge in [-0.15, -0.1) is 5.10 Å². The van der Waals surface area contributed by atoms with Gasteiger partial charge in [-0.05, 0) is 18.2 Å². The Morgan fingerprint density at radius 1 is 1.40 bits per heavy atom. The first-order valence-corrected chi connectivity index (χ1v) is 9.39. The predicted molar refractivity (Wildman–Crippen MR) is 100 cm³/mol. The van der Waals surface area contributed by atoms with Gasteiger partial charge in [0.1, 0.15) is 5.82 Å². The Bertz CT molecular complexity index is 940. The number of benzene rings is 1. The lowest BCUT2D eigenvalue weighted by molar-refractivity contribution is 0.0116. The molecule has 0 radical (unpaired) electrons. The zero-order valence-electron chi connectivity index (χ0n) is 15.9. The summed E-state index contributed by atoms with van der Waals surface area (Å²) in [5, 5.41) is 10.2. The fraction of sp³-hybridized carbons (Fsp3) is 0.444. The number of likely N-dealkylation sites (tertiary alicyclic amines) is 1. The van der Waals surface area contributed by atoms with Crippen LogP contribution < -0.4 is 5.32 Å². The highest BCUT2D eigenvalue weighted by Crippen LogP contribution is 2.34. The smallest absolute Gasteiger partial charge is 0.273 e. The zero-order valence-corrected chi connectivity index (χ0v) is 16.7. The summed E-state index contributed by atoms with van der Waals surface area (Å²) >= 11 is 5.81. The fourth-order valence-corrected chi connectivity index (χ4v) is 3.35. The van der Waals surface area contributed by atoms with E-state index in [1.807, 2.05) is 0 Å². The van der Waals surface area contributed by atoms with Crippen molar-refractivity contribution >= 4 is 23.4 Å². The summed E-state index contributed by atoms with van der Waals surface area (Å²) in [6.07, 6.45) is 0.664.